The van der Waals surface area contributed by atoms with Crippen molar-refractivity contribution >= 4 is 11.9 Å². The Kier molecular flexibility index (Phi) is 3.50. The highest BCUT2D eigenvalue weighted by atomic mass is 19.1. The summed E-state index contributed by atoms with van der Waals surface area (Å²) in [5, 5.41) is 2.70. The van der Waals surface area contributed by atoms with Crippen LogP contribution in [0.2, 0.25) is 0 Å². The average Bonchev–Trinajstić information content (AvgIpc) is 2.76. The van der Waals surface area contributed by atoms with Gasteiger partial charge in [0.25, 0.3) is 5.91 Å². The second kappa shape index (κ2) is 4.99. The van der Waals surface area contributed by atoms with Gasteiger partial charge in [-0.1, -0.05) is 6.07 Å². The monoisotopic (exact) mass is 338 g/mol. The lowest BCUT2D eigenvalue weighted by molar-refractivity contribution is -0.138. The van der Waals surface area contributed by atoms with Gasteiger partial charge >= 0.3 is 6.03 Å². The van der Waals surface area contributed by atoms with Gasteiger partial charge in [-0.25, -0.2) is 13.6 Å². The molecule has 1 spiro atoms. The standard InChI is InChI=1S/C17H20F2N2O3/c1-15(2)9-17(16(3,4)24-15)13(22)21(14(23)20-17)8-10-11(18)6-5-7-12(10)19/h5-7H,8-9H2,1-4H3,(H,20,23)/t17-/m1/s1. The SMILES string of the molecule is CC1(C)C[C@]2(NC(=O)N(Cc3c(F)cccc3F)C2=O)C(C)(C)O1. The molecule has 0 unspecified atom stereocenters. The molecule has 2 saturated heterocycles. The second-order valence-electron chi connectivity index (χ2n) is 7.48. The van der Waals surface area contributed by atoms with Crippen LogP contribution in [0.25, 0.3) is 0 Å². The number of rotatable bonds is 2. The van der Waals surface area contributed by atoms with Crippen LogP contribution in [0.1, 0.15) is 39.7 Å². The van der Waals surface area contributed by atoms with Crippen molar-refractivity contribution in [2.45, 2.75) is 57.4 Å². The Balaban J connectivity index is 1.96. The number of imide groups is 1. The largest absolute Gasteiger partial charge is 0.367 e. The number of halogens is 2. The number of carbonyl (C=O) groups excluding carboxylic acids is 2. The minimum absolute atomic E-state index is 0.286. The van der Waals surface area contributed by atoms with Crippen molar-refractivity contribution in [2.24, 2.45) is 0 Å². The minimum atomic E-state index is -1.24. The van der Waals surface area contributed by atoms with Crippen molar-refractivity contribution in [3.63, 3.8) is 0 Å². The van der Waals surface area contributed by atoms with Crippen molar-refractivity contribution in [1.29, 1.82) is 0 Å². The number of carbonyl (C=O) groups is 2. The second-order valence-corrected chi connectivity index (χ2v) is 7.48. The highest BCUT2D eigenvalue weighted by Crippen LogP contribution is 2.48. The Morgan fingerprint density at radius 2 is 1.75 bits per heavy atom. The Bertz CT molecular complexity index is 712. The zero-order valence-corrected chi connectivity index (χ0v) is 14.1. The van der Waals surface area contributed by atoms with Crippen LogP contribution in [-0.4, -0.2) is 33.6 Å². The van der Waals surface area contributed by atoms with E-state index < -0.39 is 46.9 Å². The van der Waals surface area contributed by atoms with Crippen molar-refractivity contribution in [3.05, 3.63) is 35.4 Å². The molecule has 7 heteroatoms. The molecule has 1 atom stereocenters. The van der Waals surface area contributed by atoms with Crippen molar-refractivity contribution in [2.75, 3.05) is 0 Å². The molecule has 3 rings (SSSR count). The summed E-state index contributed by atoms with van der Waals surface area (Å²) < 4.78 is 33.7. The van der Waals surface area contributed by atoms with E-state index in [1.807, 2.05) is 13.8 Å². The van der Waals surface area contributed by atoms with Gasteiger partial charge in [-0.05, 0) is 39.8 Å². The maximum Gasteiger partial charge on any atom is 0.325 e. The third-order valence-electron chi connectivity index (χ3n) is 4.80. The van der Waals surface area contributed by atoms with Crippen LogP contribution in [0.4, 0.5) is 13.6 Å². The fourth-order valence-corrected chi connectivity index (χ4v) is 3.80. The van der Waals surface area contributed by atoms with Gasteiger partial charge in [0, 0.05) is 12.0 Å². The summed E-state index contributed by atoms with van der Waals surface area (Å²) in [7, 11) is 0. The van der Waals surface area contributed by atoms with E-state index in [-0.39, 0.29) is 12.0 Å². The highest BCUT2D eigenvalue weighted by Gasteiger charge is 2.67. The number of amides is 3. The first-order valence-electron chi connectivity index (χ1n) is 7.76. The highest BCUT2D eigenvalue weighted by molar-refractivity contribution is 6.08. The van der Waals surface area contributed by atoms with Gasteiger partial charge in [-0.2, -0.15) is 0 Å². The van der Waals surface area contributed by atoms with Gasteiger partial charge in [-0.3, -0.25) is 9.69 Å². The van der Waals surface area contributed by atoms with Gasteiger partial charge in [0.2, 0.25) is 0 Å². The van der Waals surface area contributed by atoms with E-state index in [1.165, 1.54) is 6.07 Å². The molecule has 2 fully saturated rings. The van der Waals surface area contributed by atoms with E-state index in [2.05, 4.69) is 5.32 Å². The molecule has 2 aliphatic heterocycles. The van der Waals surface area contributed by atoms with Crippen LogP contribution >= 0.6 is 0 Å². The molecule has 0 aromatic heterocycles. The molecule has 5 nitrogen and oxygen atoms in total. The first-order valence-corrected chi connectivity index (χ1v) is 7.76. The van der Waals surface area contributed by atoms with Gasteiger partial charge < -0.3 is 10.1 Å². The lowest BCUT2D eigenvalue weighted by Gasteiger charge is -2.33. The first-order chi connectivity index (χ1) is 11.0. The van der Waals surface area contributed by atoms with E-state index in [1.54, 1.807) is 13.8 Å². The maximum atomic E-state index is 13.9. The summed E-state index contributed by atoms with van der Waals surface area (Å²) >= 11 is 0. The van der Waals surface area contributed by atoms with Crippen LogP contribution in [-0.2, 0) is 16.1 Å². The summed E-state index contributed by atoms with van der Waals surface area (Å²) in [6.45, 7) is 6.67. The number of ether oxygens (including phenoxy) is 1. The number of hydrogen-bond acceptors (Lipinski definition) is 3. The number of nitrogens with zero attached hydrogens (tertiary/aromatic N) is 1. The zero-order valence-electron chi connectivity index (χ0n) is 14.1. The minimum Gasteiger partial charge on any atom is -0.367 e. The van der Waals surface area contributed by atoms with Crippen LogP contribution in [0.3, 0.4) is 0 Å². The molecular formula is C17H20F2N2O3. The molecule has 130 valence electrons. The molecule has 3 amide bonds. The molecule has 1 N–H and O–H groups in total. The molecule has 1 aromatic rings. The summed E-state index contributed by atoms with van der Waals surface area (Å²) in [5.74, 6) is -2.11. The Morgan fingerprint density at radius 3 is 2.25 bits per heavy atom. The van der Waals surface area contributed by atoms with E-state index in [0.717, 1.165) is 17.0 Å². The molecule has 0 aliphatic carbocycles. The number of hydrogen-bond donors (Lipinski definition) is 1. The van der Waals surface area contributed by atoms with Crippen LogP contribution < -0.4 is 5.32 Å². The molecule has 24 heavy (non-hydrogen) atoms. The summed E-state index contributed by atoms with van der Waals surface area (Å²) in [4.78, 5) is 26.2. The number of nitrogens with one attached hydrogen (secondary N) is 1. The number of urea groups is 1. The predicted molar refractivity (Wildman–Crippen MR) is 82.0 cm³/mol. The van der Waals surface area contributed by atoms with Crippen molar-refractivity contribution < 1.29 is 23.1 Å². The molecular weight excluding hydrogens is 318 g/mol. The smallest absolute Gasteiger partial charge is 0.325 e. The van der Waals surface area contributed by atoms with E-state index >= 15 is 0 Å². The fraction of sp³-hybridized carbons (Fsp3) is 0.529. The van der Waals surface area contributed by atoms with E-state index in [0.29, 0.717) is 0 Å². The van der Waals surface area contributed by atoms with Crippen LogP contribution in [0.5, 0.6) is 0 Å². The fourth-order valence-electron chi connectivity index (χ4n) is 3.80. The van der Waals surface area contributed by atoms with Gasteiger partial charge in [0.05, 0.1) is 17.7 Å². The predicted octanol–water partition coefficient (Wildman–Crippen LogP) is 2.73. The molecule has 2 heterocycles. The third-order valence-corrected chi connectivity index (χ3v) is 4.80. The topological polar surface area (TPSA) is 58.6 Å². The van der Waals surface area contributed by atoms with Crippen molar-refractivity contribution in [3.8, 4) is 0 Å². The quantitative estimate of drug-likeness (QED) is 0.844. The van der Waals surface area contributed by atoms with Gasteiger partial charge in [0.1, 0.15) is 11.6 Å². The summed E-state index contributed by atoms with van der Waals surface area (Å²) in [6, 6.07) is 2.76. The third kappa shape index (κ3) is 2.30. The molecule has 0 saturated carbocycles. The Labute approximate surface area is 139 Å². The lowest BCUT2D eigenvalue weighted by atomic mass is 9.79. The summed E-state index contributed by atoms with van der Waals surface area (Å²) in [5.41, 5.74) is -3.10. The Hall–Kier alpha value is -2.02. The normalized spacial score (nSPS) is 27.8. The van der Waals surface area contributed by atoms with E-state index in [9.17, 15) is 18.4 Å². The van der Waals surface area contributed by atoms with Crippen LogP contribution in [0, 0.1) is 11.6 Å². The van der Waals surface area contributed by atoms with Crippen molar-refractivity contribution in [1.82, 2.24) is 10.2 Å². The molecule has 0 radical (unpaired) electrons. The molecule has 2 aliphatic rings. The summed E-state index contributed by atoms with van der Waals surface area (Å²) in [6.07, 6.45) is 0.286. The zero-order chi connectivity index (χ0) is 17.9. The van der Waals surface area contributed by atoms with Gasteiger partial charge in [0.15, 0.2) is 5.54 Å². The lowest BCUT2D eigenvalue weighted by Crippen LogP contribution is -2.59. The first kappa shape index (κ1) is 16.8. The molecule has 1 aromatic carbocycles. The van der Waals surface area contributed by atoms with Gasteiger partial charge in [-0.15, -0.1) is 0 Å². The average molecular weight is 338 g/mol. The molecule has 0 bridgehead atoms. The number of benzene rings is 1. The van der Waals surface area contributed by atoms with Crippen LogP contribution in [0.15, 0.2) is 18.2 Å². The maximum absolute atomic E-state index is 13.9. The Morgan fingerprint density at radius 1 is 1.17 bits per heavy atom. The van der Waals surface area contributed by atoms with E-state index in [4.69, 9.17) is 4.74 Å².